The van der Waals surface area contributed by atoms with Crippen LogP contribution in [0.1, 0.15) is 46.6 Å². The monoisotopic (exact) mass is 629 g/mol. The molecule has 2 amide bonds. The maximum Gasteiger partial charge on any atom is 0.264 e. The number of hydrogen-bond donors (Lipinski definition) is 1. The Bertz CT molecular complexity index is 1490. The molecule has 0 spiro atoms. The van der Waals surface area contributed by atoms with E-state index in [0.29, 0.717) is 22.9 Å². The van der Waals surface area contributed by atoms with E-state index in [0.717, 1.165) is 9.87 Å². The first kappa shape index (κ1) is 33.7. The molecular weight excluding hydrogens is 590 g/mol. The minimum absolute atomic E-state index is 0.0461. The number of nitrogens with zero attached hydrogens (tertiary/aromatic N) is 2. The lowest BCUT2D eigenvalue weighted by Gasteiger charge is -2.35. The van der Waals surface area contributed by atoms with E-state index >= 15 is 0 Å². The minimum Gasteiger partial charge on any atom is -0.497 e. The summed E-state index contributed by atoms with van der Waals surface area (Å²) in [6, 6.07) is 18.6. The molecule has 232 valence electrons. The van der Waals surface area contributed by atoms with E-state index in [1.54, 1.807) is 62.6 Å². The molecule has 0 unspecified atom stereocenters. The van der Waals surface area contributed by atoms with E-state index in [1.165, 1.54) is 29.2 Å². The van der Waals surface area contributed by atoms with Crippen molar-refractivity contribution in [2.75, 3.05) is 24.6 Å². The smallest absolute Gasteiger partial charge is 0.264 e. The lowest BCUT2D eigenvalue weighted by molar-refractivity contribution is -0.141. The Morgan fingerprint density at radius 2 is 1.58 bits per heavy atom. The standard InChI is InChI=1S/C32H40ClN3O6S/c1-7-27(31(38)34-32(3,4)5)35(21-23-13-17-25(41-6)18-14-23)30(37)22-36(28-11-9-10-12-29(28)42-8-2)43(39,40)26-19-15-24(33)16-20-26/h9-20,27H,7-8,21-22H2,1-6H3,(H,34,38)/t27-/m0/s1. The molecule has 3 rings (SSSR count). The third kappa shape index (κ3) is 8.87. The molecule has 0 bridgehead atoms. The van der Waals surface area contributed by atoms with E-state index in [1.807, 2.05) is 27.7 Å². The van der Waals surface area contributed by atoms with Gasteiger partial charge >= 0.3 is 0 Å². The molecule has 0 saturated heterocycles. The molecule has 1 atom stereocenters. The largest absolute Gasteiger partial charge is 0.497 e. The Morgan fingerprint density at radius 1 is 0.953 bits per heavy atom. The second kappa shape index (κ2) is 14.6. The van der Waals surface area contributed by atoms with Crippen molar-refractivity contribution < 1.29 is 27.5 Å². The zero-order valence-electron chi connectivity index (χ0n) is 25.5. The lowest BCUT2D eigenvalue weighted by Crippen LogP contribution is -2.55. The molecular formula is C32H40ClN3O6S. The number of carbonyl (C=O) groups excluding carboxylic acids is 2. The summed E-state index contributed by atoms with van der Waals surface area (Å²) < 4.78 is 40.3. The molecule has 0 aliphatic heterocycles. The maximum atomic E-state index is 14.3. The lowest BCUT2D eigenvalue weighted by atomic mass is 10.1. The van der Waals surface area contributed by atoms with Crippen LogP contribution < -0.4 is 19.1 Å². The molecule has 0 fully saturated rings. The summed E-state index contributed by atoms with van der Waals surface area (Å²) in [5.74, 6) is 0.0516. The predicted molar refractivity (Wildman–Crippen MR) is 169 cm³/mol. The zero-order valence-corrected chi connectivity index (χ0v) is 27.0. The number of carbonyl (C=O) groups is 2. The number of para-hydroxylation sites is 2. The van der Waals surface area contributed by atoms with Gasteiger partial charge in [0.2, 0.25) is 11.8 Å². The first-order valence-electron chi connectivity index (χ1n) is 14.0. The van der Waals surface area contributed by atoms with Crippen molar-refractivity contribution in [3.05, 3.63) is 83.4 Å². The highest BCUT2D eigenvalue weighted by molar-refractivity contribution is 7.92. The Morgan fingerprint density at radius 3 is 2.14 bits per heavy atom. The van der Waals surface area contributed by atoms with Crippen molar-refractivity contribution in [2.45, 2.75) is 64.1 Å². The summed E-state index contributed by atoms with van der Waals surface area (Å²) in [6.07, 6.45) is 0.309. The van der Waals surface area contributed by atoms with Crippen LogP contribution in [0.25, 0.3) is 0 Å². The highest BCUT2D eigenvalue weighted by Crippen LogP contribution is 2.33. The van der Waals surface area contributed by atoms with Crippen LogP contribution in [0, 0.1) is 0 Å². The van der Waals surface area contributed by atoms with Crippen molar-refractivity contribution in [3.63, 3.8) is 0 Å². The number of halogens is 1. The molecule has 9 nitrogen and oxygen atoms in total. The minimum atomic E-state index is -4.27. The van der Waals surface area contributed by atoms with Gasteiger partial charge in [-0.1, -0.05) is 42.8 Å². The van der Waals surface area contributed by atoms with Gasteiger partial charge in [0.25, 0.3) is 10.0 Å². The van der Waals surface area contributed by atoms with Crippen LogP contribution in [-0.4, -0.2) is 57.0 Å². The van der Waals surface area contributed by atoms with Gasteiger partial charge in [0.05, 0.1) is 24.3 Å². The average molecular weight is 630 g/mol. The summed E-state index contributed by atoms with van der Waals surface area (Å²) in [6.45, 7) is 8.96. The molecule has 0 saturated carbocycles. The number of benzene rings is 3. The highest BCUT2D eigenvalue weighted by Gasteiger charge is 2.35. The second-order valence-corrected chi connectivity index (χ2v) is 13.2. The average Bonchev–Trinajstić information content (AvgIpc) is 2.96. The molecule has 43 heavy (non-hydrogen) atoms. The topological polar surface area (TPSA) is 105 Å². The Balaban J connectivity index is 2.12. The SMILES string of the molecule is CCOc1ccccc1N(CC(=O)N(Cc1ccc(OC)cc1)[C@@H](CC)C(=O)NC(C)(C)C)S(=O)(=O)c1ccc(Cl)cc1. The van der Waals surface area contributed by atoms with Crippen LogP contribution in [0.15, 0.2) is 77.7 Å². The summed E-state index contributed by atoms with van der Waals surface area (Å²) in [7, 11) is -2.71. The van der Waals surface area contributed by atoms with Crippen LogP contribution in [0.4, 0.5) is 5.69 Å². The van der Waals surface area contributed by atoms with Crippen molar-refractivity contribution in [2.24, 2.45) is 0 Å². The van der Waals surface area contributed by atoms with E-state index in [9.17, 15) is 18.0 Å². The fourth-order valence-corrected chi connectivity index (χ4v) is 6.04. The van der Waals surface area contributed by atoms with Gasteiger partial charge < -0.3 is 19.7 Å². The number of ether oxygens (including phenoxy) is 2. The third-order valence-corrected chi connectivity index (χ3v) is 8.54. The van der Waals surface area contributed by atoms with Gasteiger partial charge in [-0.25, -0.2) is 8.42 Å². The Labute approximate surface area is 259 Å². The van der Waals surface area contributed by atoms with Crippen molar-refractivity contribution in [1.29, 1.82) is 0 Å². The van der Waals surface area contributed by atoms with Crippen LogP contribution in [0.5, 0.6) is 11.5 Å². The van der Waals surface area contributed by atoms with Gasteiger partial charge in [0.1, 0.15) is 24.1 Å². The van der Waals surface area contributed by atoms with Crippen LogP contribution in [0.2, 0.25) is 5.02 Å². The van der Waals surface area contributed by atoms with Gasteiger partial charge in [0, 0.05) is 17.1 Å². The molecule has 0 aliphatic carbocycles. The van der Waals surface area contributed by atoms with Crippen LogP contribution in [0.3, 0.4) is 0 Å². The zero-order chi connectivity index (χ0) is 31.8. The van der Waals surface area contributed by atoms with Gasteiger partial charge in [-0.3, -0.25) is 13.9 Å². The number of nitrogens with one attached hydrogen (secondary N) is 1. The van der Waals surface area contributed by atoms with Gasteiger partial charge in [0.15, 0.2) is 0 Å². The predicted octanol–water partition coefficient (Wildman–Crippen LogP) is 5.66. The second-order valence-electron chi connectivity index (χ2n) is 10.9. The molecule has 3 aromatic carbocycles. The molecule has 1 N–H and O–H groups in total. The molecule has 3 aromatic rings. The van der Waals surface area contributed by atoms with Crippen LogP contribution in [-0.2, 0) is 26.2 Å². The third-order valence-electron chi connectivity index (χ3n) is 6.51. The van der Waals surface area contributed by atoms with E-state index in [2.05, 4.69) is 5.32 Å². The van der Waals surface area contributed by atoms with Crippen molar-refractivity contribution in [3.8, 4) is 11.5 Å². The van der Waals surface area contributed by atoms with Gasteiger partial charge in [-0.05, 0) is 88.2 Å². The highest BCUT2D eigenvalue weighted by atomic mass is 35.5. The maximum absolute atomic E-state index is 14.3. The number of sulfonamides is 1. The summed E-state index contributed by atoms with van der Waals surface area (Å²) in [5.41, 5.74) is 0.405. The number of anilines is 1. The molecule has 0 aliphatic rings. The van der Waals surface area contributed by atoms with E-state index < -0.39 is 34.1 Å². The molecule has 11 heteroatoms. The van der Waals surface area contributed by atoms with Gasteiger partial charge in [-0.15, -0.1) is 0 Å². The number of methoxy groups -OCH3 is 1. The van der Waals surface area contributed by atoms with E-state index in [4.69, 9.17) is 21.1 Å². The summed E-state index contributed by atoms with van der Waals surface area (Å²) >= 11 is 6.04. The van der Waals surface area contributed by atoms with E-state index in [-0.39, 0.29) is 29.6 Å². The quantitative estimate of drug-likeness (QED) is 0.261. The van der Waals surface area contributed by atoms with Crippen LogP contribution >= 0.6 is 11.6 Å². The first-order valence-corrected chi connectivity index (χ1v) is 15.9. The van der Waals surface area contributed by atoms with Crippen molar-refractivity contribution >= 4 is 39.1 Å². The first-order chi connectivity index (χ1) is 20.3. The molecule has 0 heterocycles. The Kier molecular flexibility index (Phi) is 11.5. The number of hydrogen-bond acceptors (Lipinski definition) is 6. The number of amides is 2. The van der Waals surface area contributed by atoms with Gasteiger partial charge in [-0.2, -0.15) is 0 Å². The number of rotatable bonds is 13. The molecule has 0 aromatic heterocycles. The fourth-order valence-electron chi connectivity index (χ4n) is 4.49. The molecule has 0 radical (unpaired) electrons. The normalized spacial score (nSPS) is 12.3. The summed E-state index contributed by atoms with van der Waals surface area (Å²) in [4.78, 5) is 29.1. The summed E-state index contributed by atoms with van der Waals surface area (Å²) in [5, 5.41) is 3.34. The van der Waals surface area contributed by atoms with Crippen molar-refractivity contribution in [1.82, 2.24) is 10.2 Å². The Hall–Kier alpha value is -3.76. The fraction of sp³-hybridized carbons (Fsp3) is 0.375.